The minimum Gasteiger partial charge on any atom is -0.457 e. The van der Waals surface area contributed by atoms with Gasteiger partial charge in [0.2, 0.25) is 0 Å². The second kappa shape index (κ2) is 10.4. The van der Waals surface area contributed by atoms with Crippen LogP contribution in [0.4, 0.5) is 10.5 Å². The summed E-state index contributed by atoms with van der Waals surface area (Å²) in [6.45, 7) is 4.21. The van der Waals surface area contributed by atoms with Crippen LogP contribution in [0.15, 0.2) is 54.6 Å². The van der Waals surface area contributed by atoms with Gasteiger partial charge in [0.1, 0.15) is 17.6 Å². The van der Waals surface area contributed by atoms with Crippen molar-refractivity contribution in [1.29, 1.82) is 0 Å². The number of anilines is 1. The second-order valence-electron chi connectivity index (χ2n) is 6.00. The number of para-hydroxylation sites is 1. The van der Waals surface area contributed by atoms with Gasteiger partial charge in [0.25, 0.3) is 0 Å². The Kier molecular flexibility index (Phi) is 7.83. The topological polar surface area (TPSA) is 47.6 Å². The Morgan fingerprint density at radius 2 is 1.76 bits per heavy atom. The molecule has 0 aliphatic heterocycles. The molecule has 4 nitrogen and oxygen atoms in total. The quantitative estimate of drug-likeness (QED) is 0.538. The van der Waals surface area contributed by atoms with Crippen LogP contribution < -0.4 is 10.1 Å². The molecule has 1 atom stereocenters. The van der Waals surface area contributed by atoms with E-state index in [0.29, 0.717) is 11.4 Å². The molecule has 0 aliphatic rings. The predicted molar refractivity (Wildman–Crippen MR) is 101 cm³/mol. The van der Waals surface area contributed by atoms with Crippen molar-refractivity contribution in [1.82, 2.24) is 0 Å². The summed E-state index contributed by atoms with van der Waals surface area (Å²) in [6.07, 6.45) is 4.71. The number of nitrogens with one attached hydrogen (secondary N) is 1. The highest BCUT2D eigenvalue weighted by atomic mass is 16.6. The van der Waals surface area contributed by atoms with Crippen LogP contribution in [0.3, 0.4) is 0 Å². The number of ether oxygens (including phenoxy) is 2. The van der Waals surface area contributed by atoms with Crippen molar-refractivity contribution in [3.05, 3.63) is 54.6 Å². The summed E-state index contributed by atoms with van der Waals surface area (Å²) in [4.78, 5) is 12.1. The van der Waals surface area contributed by atoms with E-state index < -0.39 is 6.09 Å². The van der Waals surface area contributed by atoms with Crippen LogP contribution in [-0.4, -0.2) is 12.2 Å². The summed E-state index contributed by atoms with van der Waals surface area (Å²) in [5, 5.41) is 2.78. The van der Waals surface area contributed by atoms with Gasteiger partial charge in [0.15, 0.2) is 0 Å². The second-order valence-corrected chi connectivity index (χ2v) is 6.00. The van der Waals surface area contributed by atoms with Crippen molar-refractivity contribution >= 4 is 11.8 Å². The summed E-state index contributed by atoms with van der Waals surface area (Å²) in [5.41, 5.74) is 0.654. The molecule has 0 aromatic heterocycles. The Morgan fingerprint density at radius 3 is 2.48 bits per heavy atom. The third kappa shape index (κ3) is 6.87. The normalized spacial score (nSPS) is 11.6. The molecule has 0 heterocycles. The summed E-state index contributed by atoms with van der Waals surface area (Å²) >= 11 is 0. The Balaban J connectivity index is 1.88. The third-order valence-electron chi connectivity index (χ3n) is 3.92. The summed E-state index contributed by atoms with van der Waals surface area (Å²) in [5.74, 6) is 1.42. The molecular weight excluding hydrogens is 314 g/mol. The smallest absolute Gasteiger partial charge is 0.411 e. The Labute approximate surface area is 150 Å². The highest BCUT2D eigenvalue weighted by Gasteiger charge is 2.12. The molecule has 0 radical (unpaired) electrons. The van der Waals surface area contributed by atoms with Gasteiger partial charge in [-0.25, -0.2) is 4.79 Å². The van der Waals surface area contributed by atoms with Crippen molar-refractivity contribution in [2.75, 3.05) is 5.32 Å². The van der Waals surface area contributed by atoms with Crippen LogP contribution in [0.1, 0.15) is 46.0 Å². The lowest BCUT2D eigenvalue weighted by molar-refractivity contribution is 0.101. The van der Waals surface area contributed by atoms with Crippen molar-refractivity contribution in [2.45, 2.75) is 52.1 Å². The van der Waals surface area contributed by atoms with Crippen LogP contribution in [0.5, 0.6) is 11.5 Å². The van der Waals surface area contributed by atoms with E-state index in [1.807, 2.05) is 55.5 Å². The first-order valence-corrected chi connectivity index (χ1v) is 9.01. The van der Waals surface area contributed by atoms with Crippen LogP contribution in [0, 0.1) is 0 Å². The zero-order valence-electron chi connectivity index (χ0n) is 15.0. The van der Waals surface area contributed by atoms with Crippen molar-refractivity contribution < 1.29 is 14.3 Å². The Hall–Kier alpha value is -2.49. The maximum absolute atomic E-state index is 12.1. The minimum absolute atomic E-state index is 0.0321. The molecule has 0 bridgehead atoms. The molecule has 2 aromatic carbocycles. The summed E-state index contributed by atoms with van der Waals surface area (Å²) < 4.78 is 11.3. The summed E-state index contributed by atoms with van der Waals surface area (Å²) in [7, 11) is 0. The van der Waals surface area contributed by atoms with Crippen LogP contribution in [0.25, 0.3) is 0 Å². The third-order valence-corrected chi connectivity index (χ3v) is 3.92. The SMILES string of the molecule is CCCCCC(CC)OC(=O)Nc1cccc(Oc2ccccc2)c1. The maximum Gasteiger partial charge on any atom is 0.411 e. The molecule has 2 rings (SSSR count). The molecule has 0 spiro atoms. The number of hydrogen-bond donors (Lipinski definition) is 1. The number of carbonyl (C=O) groups is 1. The molecule has 0 saturated heterocycles. The monoisotopic (exact) mass is 341 g/mol. The molecule has 4 heteroatoms. The van der Waals surface area contributed by atoms with E-state index in [9.17, 15) is 4.79 Å². The first-order chi connectivity index (χ1) is 12.2. The largest absolute Gasteiger partial charge is 0.457 e. The van der Waals surface area contributed by atoms with Gasteiger partial charge in [-0.1, -0.05) is 51.0 Å². The van der Waals surface area contributed by atoms with Crippen LogP contribution in [-0.2, 0) is 4.74 Å². The van der Waals surface area contributed by atoms with Gasteiger partial charge in [-0.2, -0.15) is 0 Å². The predicted octanol–water partition coefficient (Wildman–Crippen LogP) is 6.39. The maximum atomic E-state index is 12.1. The molecular formula is C21H27NO3. The summed E-state index contributed by atoms with van der Waals surface area (Å²) in [6, 6.07) is 16.8. The van der Waals surface area contributed by atoms with Gasteiger partial charge >= 0.3 is 6.09 Å². The van der Waals surface area contributed by atoms with E-state index in [2.05, 4.69) is 12.2 Å². The Bertz CT molecular complexity index is 643. The van der Waals surface area contributed by atoms with E-state index in [1.165, 1.54) is 6.42 Å². The van der Waals surface area contributed by atoms with Gasteiger partial charge in [0.05, 0.1) is 0 Å². The zero-order valence-corrected chi connectivity index (χ0v) is 15.0. The van der Waals surface area contributed by atoms with Gasteiger partial charge in [-0.15, -0.1) is 0 Å². The molecule has 1 unspecified atom stereocenters. The van der Waals surface area contributed by atoms with Gasteiger partial charge in [-0.05, 0) is 43.5 Å². The van der Waals surface area contributed by atoms with E-state index >= 15 is 0 Å². The fourth-order valence-electron chi connectivity index (χ4n) is 2.53. The number of unbranched alkanes of at least 4 members (excludes halogenated alkanes) is 2. The molecule has 1 amide bonds. The average Bonchev–Trinajstić information content (AvgIpc) is 2.62. The number of benzene rings is 2. The first kappa shape index (κ1) is 18.8. The first-order valence-electron chi connectivity index (χ1n) is 9.01. The van der Waals surface area contributed by atoms with Gasteiger partial charge < -0.3 is 9.47 Å². The number of carbonyl (C=O) groups excluding carboxylic acids is 1. The lowest BCUT2D eigenvalue weighted by Gasteiger charge is -2.16. The van der Waals surface area contributed by atoms with E-state index in [1.54, 1.807) is 6.07 Å². The standard InChI is InChI=1S/C21H27NO3/c1-3-5-7-12-18(4-2)25-21(23)22-17-11-10-15-20(16-17)24-19-13-8-6-9-14-19/h6,8-11,13-16,18H,3-5,7,12H2,1-2H3,(H,22,23). The molecule has 134 valence electrons. The number of hydrogen-bond acceptors (Lipinski definition) is 3. The molecule has 0 fully saturated rings. The molecule has 25 heavy (non-hydrogen) atoms. The highest BCUT2D eigenvalue weighted by molar-refractivity contribution is 5.85. The molecule has 1 N–H and O–H groups in total. The fraction of sp³-hybridized carbons (Fsp3) is 0.381. The van der Waals surface area contributed by atoms with Crippen molar-refractivity contribution in [3.63, 3.8) is 0 Å². The molecule has 0 aliphatic carbocycles. The van der Waals surface area contributed by atoms with Gasteiger partial charge in [-0.3, -0.25) is 5.32 Å². The minimum atomic E-state index is -0.416. The Morgan fingerprint density at radius 1 is 1.00 bits per heavy atom. The van der Waals surface area contributed by atoms with E-state index in [4.69, 9.17) is 9.47 Å². The van der Waals surface area contributed by atoms with Gasteiger partial charge in [0, 0.05) is 11.8 Å². The highest BCUT2D eigenvalue weighted by Crippen LogP contribution is 2.24. The van der Waals surface area contributed by atoms with Crippen LogP contribution in [0.2, 0.25) is 0 Å². The lowest BCUT2D eigenvalue weighted by atomic mass is 10.1. The molecule has 2 aromatic rings. The average molecular weight is 341 g/mol. The number of amides is 1. The van der Waals surface area contributed by atoms with Crippen molar-refractivity contribution in [3.8, 4) is 11.5 Å². The zero-order chi connectivity index (χ0) is 17.9. The van der Waals surface area contributed by atoms with Crippen LogP contribution >= 0.6 is 0 Å². The fourth-order valence-corrected chi connectivity index (χ4v) is 2.53. The van der Waals surface area contributed by atoms with E-state index in [-0.39, 0.29) is 6.10 Å². The number of rotatable bonds is 9. The lowest BCUT2D eigenvalue weighted by Crippen LogP contribution is -2.22. The van der Waals surface area contributed by atoms with Crippen molar-refractivity contribution in [2.24, 2.45) is 0 Å². The van der Waals surface area contributed by atoms with E-state index in [0.717, 1.165) is 31.4 Å². The molecule has 0 saturated carbocycles.